The molecule has 0 bridgehead atoms. The van der Waals surface area contributed by atoms with E-state index in [1.165, 1.54) is 0 Å². The van der Waals surface area contributed by atoms with Crippen LogP contribution in [0.25, 0.3) is 0 Å². The van der Waals surface area contributed by atoms with E-state index in [-0.39, 0.29) is 17.7 Å². The van der Waals surface area contributed by atoms with E-state index in [0.717, 1.165) is 5.56 Å². The van der Waals surface area contributed by atoms with Gasteiger partial charge in [-0.1, -0.05) is 30.3 Å². The van der Waals surface area contributed by atoms with E-state index >= 15 is 0 Å². The zero-order chi connectivity index (χ0) is 16.2. The molecule has 3 amide bonds. The Kier molecular flexibility index (Phi) is 4.85. The van der Waals surface area contributed by atoms with Gasteiger partial charge in [0.2, 0.25) is 17.7 Å². The monoisotopic (exact) mass is 333 g/mol. The Morgan fingerprint density at radius 2 is 2.09 bits per heavy atom. The Morgan fingerprint density at radius 3 is 2.78 bits per heavy atom. The predicted molar refractivity (Wildman–Crippen MR) is 87.4 cm³/mol. The second-order valence-corrected chi connectivity index (χ2v) is 6.69. The van der Waals surface area contributed by atoms with Gasteiger partial charge in [0.15, 0.2) is 0 Å². The molecule has 6 nitrogen and oxygen atoms in total. The average molecular weight is 333 g/mol. The fourth-order valence-electron chi connectivity index (χ4n) is 2.78. The molecule has 0 unspecified atom stereocenters. The number of hydrogen-bond donors (Lipinski definition) is 2. The van der Waals surface area contributed by atoms with E-state index in [1.807, 2.05) is 30.3 Å². The molecule has 7 heteroatoms. The molecule has 122 valence electrons. The molecule has 0 aromatic heterocycles. The molecule has 2 aliphatic heterocycles. The van der Waals surface area contributed by atoms with Crippen LogP contribution in [-0.4, -0.2) is 46.3 Å². The lowest BCUT2D eigenvalue weighted by molar-refractivity contribution is -0.139. The number of nitrogens with zero attached hydrogens (tertiary/aromatic N) is 1. The van der Waals surface area contributed by atoms with Crippen molar-refractivity contribution in [3.63, 3.8) is 0 Å². The highest BCUT2D eigenvalue weighted by atomic mass is 32.2. The van der Waals surface area contributed by atoms with Gasteiger partial charge in [-0.2, -0.15) is 0 Å². The largest absolute Gasteiger partial charge is 0.350 e. The van der Waals surface area contributed by atoms with Crippen molar-refractivity contribution in [3.05, 3.63) is 35.9 Å². The summed E-state index contributed by atoms with van der Waals surface area (Å²) in [5.74, 6) is 0.694. The van der Waals surface area contributed by atoms with Crippen LogP contribution in [0.3, 0.4) is 0 Å². The minimum absolute atomic E-state index is 0.0970. The highest BCUT2D eigenvalue weighted by molar-refractivity contribution is 7.99. The van der Waals surface area contributed by atoms with Gasteiger partial charge in [-0.15, -0.1) is 11.8 Å². The second-order valence-electron chi connectivity index (χ2n) is 5.69. The first-order chi connectivity index (χ1) is 11.1. The van der Waals surface area contributed by atoms with Crippen molar-refractivity contribution < 1.29 is 14.4 Å². The maximum absolute atomic E-state index is 12.5. The Balaban J connectivity index is 1.58. The second kappa shape index (κ2) is 7.04. The Morgan fingerprint density at radius 1 is 1.30 bits per heavy atom. The molecule has 0 radical (unpaired) electrons. The lowest BCUT2D eigenvalue weighted by Gasteiger charge is -2.25. The van der Waals surface area contributed by atoms with Crippen LogP contribution in [0.15, 0.2) is 30.3 Å². The average Bonchev–Trinajstić information content (AvgIpc) is 3.22. The van der Waals surface area contributed by atoms with Gasteiger partial charge in [0.25, 0.3) is 0 Å². The quantitative estimate of drug-likeness (QED) is 0.840. The zero-order valence-electron chi connectivity index (χ0n) is 12.7. The highest BCUT2D eigenvalue weighted by Gasteiger charge is 2.39. The minimum atomic E-state index is -0.481. The SMILES string of the molecule is O=C1CC[C@@H](C(=O)N2CSC[C@H]2C(=O)NCc2ccccc2)N1. The summed E-state index contributed by atoms with van der Waals surface area (Å²) in [7, 11) is 0. The molecule has 2 saturated heterocycles. The molecule has 1 aromatic carbocycles. The molecule has 2 N–H and O–H groups in total. The van der Waals surface area contributed by atoms with Crippen LogP contribution in [-0.2, 0) is 20.9 Å². The standard InChI is InChI=1S/C16H19N3O3S/c20-14-7-6-12(18-14)16(22)19-10-23-9-13(19)15(21)17-8-11-4-2-1-3-5-11/h1-5,12-13H,6-10H2,(H,17,21)(H,18,20)/t12-,13-/m0/s1. The molecule has 2 heterocycles. The molecule has 0 aliphatic carbocycles. The van der Waals surface area contributed by atoms with Gasteiger partial charge in [0.1, 0.15) is 12.1 Å². The number of rotatable bonds is 4. The summed E-state index contributed by atoms with van der Waals surface area (Å²) < 4.78 is 0. The number of carbonyl (C=O) groups excluding carboxylic acids is 3. The first kappa shape index (κ1) is 15.9. The lowest BCUT2D eigenvalue weighted by atomic mass is 10.1. The molecule has 2 atom stereocenters. The van der Waals surface area contributed by atoms with Crippen LogP contribution < -0.4 is 10.6 Å². The summed E-state index contributed by atoms with van der Waals surface area (Å²) in [6.07, 6.45) is 0.888. The molecule has 2 aliphatic rings. The minimum Gasteiger partial charge on any atom is -0.350 e. The first-order valence-electron chi connectivity index (χ1n) is 7.64. The number of thioether (sulfide) groups is 1. The number of amides is 3. The maximum Gasteiger partial charge on any atom is 0.246 e. The number of nitrogens with one attached hydrogen (secondary N) is 2. The molecule has 0 spiro atoms. The van der Waals surface area contributed by atoms with Crippen molar-refractivity contribution in [1.29, 1.82) is 0 Å². The summed E-state index contributed by atoms with van der Waals surface area (Å²) in [4.78, 5) is 37.8. The van der Waals surface area contributed by atoms with Gasteiger partial charge in [0, 0.05) is 18.7 Å². The Labute approximate surface area is 139 Å². The van der Waals surface area contributed by atoms with Gasteiger partial charge in [-0.05, 0) is 12.0 Å². The van der Waals surface area contributed by atoms with Crippen molar-refractivity contribution in [2.45, 2.75) is 31.5 Å². The Hall–Kier alpha value is -2.02. The third kappa shape index (κ3) is 3.67. The lowest BCUT2D eigenvalue weighted by Crippen LogP contribution is -2.52. The number of benzene rings is 1. The summed E-state index contributed by atoms with van der Waals surface area (Å²) in [5, 5.41) is 5.57. The van der Waals surface area contributed by atoms with Gasteiger partial charge in [-0.3, -0.25) is 14.4 Å². The fourth-order valence-corrected chi connectivity index (χ4v) is 3.94. The van der Waals surface area contributed by atoms with Crippen molar-refractivity contribution in [2.24, 2.45) is 0 Å². The van der Waals surface area contributed by atoms with E-state index in [1.54, 1.807) is 16.7 Å². The first-order valence-corrected chi connectivity index (χ1v) is 8.80. The van der Waals surface area contributed by atoms with Crippen LogP contribution in [0.5, 0.6) is 0 Å². The van der Waals surface area contributed by atoms with Gasteiger partial charge < -0.3 is 15.5 Å². The van der Waals surface area contributed by atoms with Crippen molar-refractivity contribution in [2.75, 3.05) is 11.6 Å². The van der Waals surface area contributed by atoms with Gasteiger partial charge in [0.05, 0.1) is 5.88 Å². The zero-order valence-corrected chi connectivity index (χ0v) is 13.5. The predicted octanol–water partition coefficient (Wildman–Crippen LogP) is 0.483. The molecular weight excluding hydrogens is 314 g/mol. The summed E-state index contributed by atoms with van der Waals surface area (Å²) in [6.45, 7) is 0.447. The van der Waals surface area contributed by atoms with E-state index in [4.69, 9.17) is 0 Å². The van der Waals surface area contributed by atoms with Crippen LogP contribution in [0, 0.1) is 0 Å². The topological polar surface area (TPSA) is 78.5 Å². The molecule has 3 rings (SSSR count). The maximum atomic E-state index is 12.5. The number of carbonyl (C=O) groups is 3. The summed E-state index contributed by atoms with van der Waals surface area (Å²) in [5.41, 5.74) is 1.02. The molecule has 23 heavy (non-hydrogen) atoms. The van der Waals surface area contributed by atoms with Crippen molar-refractivity contribution >= 4 is 29.5 Å². The van der Waals surface area contributed by atoms with Crippen molar-refractivity contribution in [1.82, 2.24) is 15.5 Å². The van der Waals surface area contributed by atoms with Crippen molar-refractivity contribution in [3.8, 4) is 0 Å². The summed E-state index contributed by atoms with van der Waals surface area (Å²) in [6, 6.07) is 8.72. The van der Waals surface area contributed by atoms with E-state index < -0.39 is 12.1 Å². The van der Waals surface area contributed by atoms with E-state index in [2.05, 4.69) is 10.6 Å². The van der Waals surface area contributed by atoms with Crippen LogP contribution in [0.1, 0.15) is 18.4 Å². The Bertz CT molecular complexity index is 608. The van der Waals surface area contributed by atoms with Crippen LogP contribution in [0.2, 0.25) is 0 Å². The van der Waals surface area contributed by atoms with Gasteiger partial charge >= 0.3 is 0 Å². The molecule has 0 saturated carbocycles. The molecule has 1 aromatic rings. The molecule has 2 fully saturated rings. The van der Waals surface area contributed by atoms with Crippen LogP contribution >= 0.6 is 11.8 Å². The summed E-state index contributed by atoms with van der Waals surface area (Å²) >= 11 is 1.56. The third-order valence-electron chi connectivity index (χ3n) is 4.07. The highest BCUT2D eigenvalue weighted by Crippen LogP contribution is 2.23. The van der Waals surface area contributed by atoms with E-state index in [9.17, 15) is 14.4 Å². The third-order valence-corrected chi connectivity index (χ3v) is 5.08. The van der Waals surface area contributed by atoms with Gasteiger partial charge in [-0.25, -0.2) is 0 Å². The van der Waals surface area contributed by atoms with Crippen LogP contribution in [0.4, 0.5) is 0 Å². The fraction of sp³-hybridized carbons (Fsp3) is 0.438. The number of hydrogen-bond acceptors (Lipinski definition) is 4. The molecular formula is C16H19N3O3S. The van der Waals surface area contributed by atoms with E-state index in [0.29, 0.717) is 31.0 Å². The smallest absolute Gasteiger partial charge is 0.246 e. The normalized spacial score (nSPS) is 23.7.